The monoisotopic (exact) mass is 439 g/mol. The van der Waals surface area contributed by atoms with Gasteiger partial charge in [0, 0.05) is 25.1 Å². The van der Waals surface area contributed by atoms with Gasteiger partial charge in [-0.05, 0) is 35.9 Å². The lowest BCUT2D eigenvalue weighted by molar-refractivity contribution is -0.137. The molecule has 1 aliphatic rings. The van der Waals surface area contributed by atoms with Gasteiger partial charge in [0.25, 0.3) is 0 Å². The third-order valence-electron chi connectivity index (χ3n) is 4.81. The zero-order chi connectivity index (χ0) is 21.5. The molecule has 1 unspecified atom stereocenters. The van der Waals surface area contributed by atoms with Crippen LogP contribution in [-0.4, -0.2) is 27.5 Å². The highest BCUT2D eigenvalue weighted by atomic mass is 35.5. The van der Waals surface area contributed by atoms with E-state index >= 15 is 0 Å². The van der Waals surface area contributed by atoms with Gasteiger partial charge in [0.05, 0.1) is 16.5 Å². The van der Waals surface area contributed by atoms with Crippen LogP contribution < -0.4 is 0 Å². The second kappa shape index (κ2) is 7.71. The first kappa shape index (κ1) is 20.3. The number of hydrogen-bond acceptors (Lipinski definition) is 4. The molecule has 0 spiro atoms. The van der Waals surface area contributed by atoms with Crippen LogP contribution in [0.15, 0.2) is 47.0 Å². The number of benzene rings is 2. The van der Waals surface area contributed by atoms with Crippen LogP contribution in [-0.2, 0) is 17.5 Å². The van der Waals surface area contributed by atoms with Gasteiger partial charge in [-0.2, -0.15) is 18.2 Å². The van der Waals surface area contributed by atoms with Gasteiger partial charge < -0.3 is 9.42 Å². The Labute approximate surface area is 173 Å². The van der Waals surface area contributed by atoms with Crippen LogP contribution in [0.1, 0.15) is 29.4 Å². The summed E-state index contributed by atoms with van der Waals surface area (Å²) >= 11 is 5.67. The molecule has 4 rings (SSSR count). The molecule has 0 radical (unpaired) electrons. The van der Waals surface area contributed by atoms with Gasteiger partial charge in [0.15, 0.2) is 0 Å². The zero-order valence-electron chi connectivity index (χ0n) is 15.3. The number of carbonyl (C=O) groups excluding carboxylic acids is 1. The van der Waals surface area contributed by atoms with Crippen LogP contribution in [0.2, 0.25) is 5.02 Å². The van der Waals surface area contributed by atoms with Gasteiger partial charge in [-0.1, -0.05) is 28.9 Å². The summed E-state index contributed by atoms with van der Waals surface area (Å²) in [5, 5.41) is 3.79. The Kier molecular flexibility index (Phi) is 5.23. The number of nitrogens with zero attached hydrogens (tertiary/aromatic N) is 3. The van der Waals surface area contributed by atoms with E-state index in [9.17, 15) is 22.4 Å². The number of hydrogen-bond donors (Lipinski definition) is 0. The third kappa shape index (κ3) is 4.16. The molecule has 3 aromatic rings. The van der Waals surface area contributed by atoms with E-state index in [1.165, 1.54) is 29.2 Å². The highest BCUT2D eigenvalue weighted by Crippen LogP contribution is 2.32. The molecular formula is C20H14ClF4N3O2. The van der Waals surface area contributed by atoms with Gasteiger partial charge in [0.1, 0.15) is 5.82 Å². The second-order valence-corrected chi connectivity index (χ2v) is 7.37. The van der Waals surface area contributed by atoms with E-state index in [0.29, 0.717) is 11.1 Å². The molecule has 1 aliphatic heterocycles. The van der Waals surface area contributed by atoms with E-state index in [1.807, 2.05) is 0 Å². The summed E-state index contributed by atoms with van der Waals surface area (Å²) < 4.78 is 57.6. The van der Waals surface area contributed by atoms with Crippen molar-refractivity contribution in [1.82, 2.24) is 15.0 Å². The van der Waals surface area contributed by atoms with Crippen LogP contribution in [0.25, 0.3) is 11.4 Å². The summed E-state index contributed by atoms with van der Waals surface area (Å²) in [5.41, 5.74) is -0.0151. The summed E-state index contributed by atoms with van der Waals surface area (Å²) in [6.07, 6.45) is -4.36. The van der Waals surface area contributed by atoms with Crippen molar-refractivity contribution < 1.29 is 26.9 Å². The Hall–Kier alpha value is -2.94. The minimum atomic E-state index is -4.45. The van der Waals surface area contributed by atoms with Crippen LogP contribution in [0.3, 0.4) is 0 Å². The fourth-order valence-corrected chi connectivity index (χ4v) is 3.43. The Morgan fingerprint density at radius 1 is 1.20 bits per heavy atom. The van der Waals surface area contributed by atoms with E-state index in [-0.39, 0.29) is 42.2 Å². The first-order valence-electron chi connectivity index (χ1n) is 8.93. The lowest BCUT2D eigenvalue weighted by atomic mass is 10.1. The van der Waals surface area contributed by atoms with Crippen molar-refractivity contribution in [3.05, 3.63) is 70.3 Å². The molecule has 1 atom stereocenters. The lowest BCUT2D eigenvalue weighted by Crippen LogP contribution is -2.24. The average molecular weight is 440 g/mol. The normalized spacial score (nSPS) is 17.0. The molecule has 1 saturated heterocycles. The van der Waals surface area contributed by atoms with Gasteiger partial charge in [-0.3, -0.25) is 4.79 Å². The quantitative estimate of drug-likeness (QED) is 0.533. The lowest BCUT2D eigenvalue weighted by Gasteiger charge is -2.17. The van der Waals surface area contributed by atoms with Crippen molar-refractivity contribution in [2.45, 2.75) is 25.1 Å². The minimum Gasteiger partial charge on any atom is -0.339 e. The zero-order valence-corrected chi connectivity index (χ0v) is 16.0. The van der Waals surface area contributed by atoms with Crippen molar-refractivity contribution in [1.29, 1.82) is 0 Å². The van der Waals surface area contributed by atoms with E-state index in [1.54, 1.807) is 6.07 Å². The first-order chi connectivity index (χ1) is 14.2. The number of likely N-dealkylation sites (tertiary alicyclic amines) is 1. The van der Waals surface area contributed by atoms with Crippen LogP contribution in [0.4, 0.5) is 17.6 Å². The third-order valence-corrected chi connectivity index (χ3v) is 5.12. The summed E-state index contributed by atoms with van der Waals surface area (Å²) in [6, 6.07) is 8.95. The number of halogens is 5. The predicted molar refractivity (Wildman–Crippen MR) is 98.9 cm³/mol. The Bertz CT molecular complexity index is 1100. The maximum atomic E-state index is 13.6. The molecule has 0 aliphatic carbocycles. The van der Waals surface area contributed by atoms with Crippen molar-refractivity contribution >= 4 is 17.5 Å². The van der Waals surface area contributed by atoms with E-state index in [2.05, 4.69) is 10.1 Å². The Morgan fingerprint density at radius 2 is 2.00 bits per heavy atom. The molecule has 0 bridgehead atoms. The van der Waals surface area contributed by atoms with E-state index in [0.717, 1.165) is 12.1 Å². The minimum absolute atomic E-state index is 0.0332. The largest absolute Gasteiger partial charge is 0.416 e. The Morgan fingerprint density at radius 3 is 2.73 bits per heavy atom. The van der Waals surface area contributed by atoms with E-state index in [4.69, 9.17) is 16.1 Å². The maximum Gasteiger partial charge on any atom is 0.416 e. The molecule has 0 saturated carbocycles. The molecule has 1 amide bonds. The topological polar surface area (TPSA) is 59.2 Å². The number of rotatable bonds is 4. The molecular weight excluding hydrogens is 426 g/mol. The maximum absolute atomic E-state index is 13.6. The second-order valence-electron chi connectivity index (χ2n) is 6.96. The van der Waals surface area contributed by atoms with Gasteiger partial charge in [-0.25, -0.2) is 4.39 Å². The highest BCUT2D eigenvalue weighted by molar-refractivity contribution is 6.30. The average Bonchev–Trinajstić information content (AvgIpc) is 3.31. The molecule has 10 heteroatoms. The predicted octanol–water partition coefficient (Wildman–Crippen LogP) is 5.06. The van der Waals surface area contributed by atoms with Gasteiger partial charge in [-0.15, -0.1) is 0 Å². The van der Waals surface area contributed by atoms with Crippen molar-refractivity contribution in [3.63, 3.8) is 0 Å². The standard InChI is InChI=1S/C20H14ClF4N3O2/c21-15-5-4-12(7-16(15)22)18-26-19(30-27-18)13-8-17(29)28(10-13)9-11-2-1-3-14(6-11)20(23,24)25/h1-7,13H,8-10H2. The summed E-state index contributed by atoms with van der Waals surface area (Å²) in [4.78, 5) is 18.0. The van der Waals surface area contributed by atoms with E-state index < -0.39 is 23.5 Å². The number of alkyl halides is 3. The highest BCUT2D eigenvalue weighted by Gasteiger charge is 2.35. The summed E-state index contributed by atoms with van der Waals surface area (Å²) in [7, 11) is 0. The van der Waals surface area contributed by atoms with Gasteiger partial charge >= 0.3 is 6.18 Å². The fraction of sp³-hybridized carbons (Fsp3) is 0.250. The SMILES string of the molecule is O=C1CC(c2nc(-c3ccc(Cl)c(F)c3)no2)CN1Cc1cccc(C(F)(F)F)c1. The molecule has 156 valence electrons. The molecule has 1 fully saturated rings. The smallest absolute Gasteiger partial charge is 0.339 e. The molecule has 0 N–H and O–H groups in total. The van der Waals surface area contributed by atoms with Crippen LogP contribution in [0, 0.1) is 5.82 Å². The van der Waals surface area contributed by atoms with Crippen molar-refractivity contribution in [2.24, 2.45) is 0 Å². The van der Waals surface area contributed by atoms with Crippen molar-refractivity contribution in [2.75, 3.05) is 6.54 Å². The van der Waals surface area contributed by atoms with Gasteiger partial charge in [0.2, 0.25) is 17.6 Å². The first-order valence-corrected chi connectivity index (χ1v) is 9.31. The fourth-order valence-electron chi connectivity index (χ4n) is 3.31. The Balaban J connectivity index is 1.48. The molecule has 2 heterocycles. The van der Waals surface area contributed by atoms with Crippen molar-refractivity contribution in [3.8, 4) is 11.4 Å². The number of amides is 1. The molecule has 5 nitrogen and oxygen atoms in total. The number of aromatic nitrogens is 2. The summed E-state index contributed by atoms with van der Waals surface area (Å²) in [5.74, 6) is -0.884. The van der Waals surface area contributed by atoms with Crippen LogP contribution >= 0.6 is 11.6 Å². The van der Waals surface area contributed by atoms with Crippen LogP contribution in [0.5, 0.6) is 0 Å². The number of carbonyl (C=O) groups is 1. The molecule has 1 aromatic heterocycles. The molecule has 2 aromatic carbocycles. The molecule has 30 heavy (non-hydrogen) atoms. The summed E-state index contributed by atoms with van der Waals surface area (Å²) in [6.45, 7) is 0.272.